The van der Waals surface area contributed by atoms with Crippen LogP contribution >= 0.6 is 0 Å². The SMILES string of the molecule is CC(=O)NCc1ccc(C(=O)N(Cc2ccc(C(C)C)cc2)C2CC2)cc1. The standard InChI is InChI=1S/C23H28N2O2/c1-16(2)20-8-6-19(7-9-20)15-25(22-12-13-22)23(27)21-10-4-18(5-11-21)14-24-17(3)26/h4-11,16,22H,12-15H2,1-3H3,(H,24,26). The second-order valence-corrected chi connectivity index (χ2v) is 7.67. The lowest BCUT2D eigenvalue weighted by molar-refractivity contribution is -0.119. The largest absolute Gasteiger partial charge is 0.352 e. The molecule has 0 bridgehead atoms. The number of hydrogen-bond acceptors (Lipinski definition) is 2. The summed E-state index contributed by atoms with van der Waals surface area (Å²) in [5.74, 6) is 0.534. The third-order valence-electron chi connectivity index (χ3n) is 4.99. The highest BCUT2D eigenvalue weighted by molar-refractivity contribution is 5.94. The molecule has 142 valence electrons. The molecule has 4 heteroatoms. The molecule has 1 aliphatic carbocycles. The molecule has 1 saturated carbocycles. The highest BCUT2D eigenvalue weighted by Crippen LogP contribution is 2.30. The number of amides is 2. The molecule has 0 saturated heterocycles. The van der Waals surface area contributed by atoms with Crippen molar-refractivity contribution in [3.63, 3.8) is 0 Å². The molecule has 2 aromatic rings. The van der Waals surface area contributed by atoms with Gasteiger partial charge in [-0.25, -0.2) is 0 Å². The molecule has 0 heterocycles. The molecule has 0 aliphatic heterocycles. The van der Waals surface area contributed by atoms with E-state index in [1.807, 2.05) is 29.2 Å². The number of benzene rings is 2. The molecule has 0 unspecified atom stereocenters. The van der Waals surface area contributed by atoms with E-state index in [4.69, 9.17) is 0 Å². The van der Waals surface area contributed by atoms with Gasteiger partial charge in [0.05, 0.1) is 0 Å². The van der Waals surface area contributed by atoms with E-state index in [0.717, 1.165) is 18.4 Å². The molecule has 1 fully saturated rings. The monoisotopic (exact) mass is 364 g/mol. The predicted molar refractivity (Wildman–Crippen MR) is 107 cm³/mol. The van der Waals surface area contributed by atoms with Crippen LogP contribution in [0.15, 0.2) is 48.5 Å². The molecule has 0 radical (unpaired) electrons. The van der Waals surface area contributed by atoms with Crippen LogP contribution in [0.5, 0.6) is 0 Å². The van der Waals surface area contributed by atoms with Crippen LogP contribution in [0.25, 0.3) is 0 Å². The molecule has 0 atom stereocenters. The summed E-state index contributed by atoms with van der Waals surface area (Å²) in [7, 11) is 0. The third-order valence-corrected chi connectivity index (χ3v) is 4.99. The van der Waals surface area contributed by atoms with Crippen molar-refractivity contribution in [3.8, 4) is 0 Å². The van der Waals surface area contributed by atoms with Crippen LogP contribution in [0.2, 0.25) is 0 Å². The van der Waals surface area contributed by atoms with Gasteiger partial charge in [0, 0.05) is 31.6 Å². The number of carbonyl (C=O) groups excluding carboxylic acids is 2. The lowest BCUT2D eigenvalue weighted by Gasteiger charge is -2.23. The maximum atomic E-state index is 13.0. The highest BCUT2D eigenvalue weighted by atomic mass is 16.2. The van der Waals surface area contributed by atoms with Crippen LogP contribution in [0.1, 0.15) is 66.6 Å². The maximum absolute atomic E-state index is 13.0. The fourth-order valence-corrected chi connectivity index (χ4v) is 3.12. The summed E-state index contributed by atoms with van der Waals surface area (Å²) in [5.41, 5.74) is 4.18. The predicted octanol–water partition coefficient (Wildman–Crippen LogP) is 4.25. The van der Waals surface area contributed by atoms with E-state index >= 15 is 0 Å². The van der Waals surface area contributed by atoms with Crippen molar-refractivity contribution in [1.82, 2.24) is 10.2 Å². The van der Waals surface area contributed by atoms with E-state index < -0.39 is 0 Å². The van der Waals surface area contributed by atoms with Crippen molar-refractivity contribution in [1.29, 1.82) is 0 Å². The minimum absolute atomic E-state index is 0.0569. The Hall–Kier alpha value is -2.62. The molecule has 3 rings (SSSR count). The Morgan fingerprint density at radius 2 is 1.59 bits per heavy atom. The summed E-state index contributed by atoms with van der Waals surface area (Å²) in [6.07, 6.45) is 2.16. The van der Waals surface area contributed by atoms with Gasteiger partial charge in [0.2, 0.25) is 5.91 Å². The van der Waals surface area contributed by atoms with Gasteiger partial charge in [-0.05, 0) is 47.6 Å². The molecular weight excluding hydrogens is 336 g/mol. The molecule has 0 spiro atoms. The van der Waals surface area contributed by atoms with Crippen molar-refractivity contribution in [2.45, 2.75) is 58.7 Å². The highest BCUT2D eigenvalue weighted by Gasteiger charge is 2.33. The second kappa shape index (κ2) is 8.38. The number of nitrogens with zero attached hydrogens (tertiary/aromatic N) is 1. The van der Waals surface area contributed by atoms with Gasteiger partial charge < -0.3 is 10.2 Å². The van der Waals surface area contributed by atoms with Crippen molar-refractivity contribution in [3.05, 3.63) is 70.8 Å². The van der Waals surface area contributed by atoms with Gasteiger partial charge in [-0.2, -0.15) is 0 Å². The third kappa shape index (κ3) is 5.19. The second-order valence-electron chi connectivity index (χ2n) is 7.67. The number of nitrogens with one attached hydrogen (secondary N) is 1. The molecule has 2 amide bonds. The van der Waals surface area contributed by atoms with Crippen LogP contribution in [-0.2, 0) is 17.9 Å². The summed E-state index contributed by atoms with van der Waals surface area (Å²) in [6.45, 7) is 7.00. The fourth-order valence-electron chi connectivity index (χ4n) is 3.12. The van der Waals surface area contributed by atoms with Gasteiger partial charge in [0.1, 0.15) is 0 Å². The molecule has 1 aliphatic rings. The molecule has 2 aromatic carbocycles. The van der Waals surface area contributed by atoms with E-state index in [9.17, 15) is 9.59 Å². The summed E-state index contributed by atoms with van der Waals surface area (Å²) >= 11 is 0. The number of hydrogen-bond donors (Lipinski definition) is 1. The summed E-state index contributed by atoms with van der Waals surface area (Å²) < 4.78 is 0. The summed E-state index contributed by atoms with van der Waals surface area (Å²) in [5, 5.41) is 2.77. The first-order chi connectivity index (χ1) is 12.9. The maximum Gasteiger partial charge on any atom is 0.254 e. The first-order valence-electron chi connectivity index (χ1n) is 9.67. The normalized spacial score (nSPS) is 13.5. The van der Waals surface area contributed by atoms with Crippen molar-refractivity contribution in [2.75, 3.05) is 0 Å². The van der Waals surface area contributed by atoms with Gasteiger partial charge in [0.15, 0.2) is 0 Å². The first kappa shape index (κ1) is 19.2. The van der Waals surface area contributed by atoms with E-state index in [1.165, 1.54) is 18.1 Å². The van der Waals surface area contributed by atoms with Gasteiger partial charge in [0.25, 0.3) is 5.91 Å². The van der Waals surface area contributed by atoms with E-state index in [0.29, 0.717) is 30.6 Å². The van der Waals surface area contributed by atoms with Gasteiger partial charge in [-0.1, -0.05) is 50.2 Å². The Balaban J connectivity index is 1.69. The Labute approximate surface area is 161 Å². The zero-order valence-electron chi connectivity index (χ0n) is 16.4. The zero-order chi connectivity index (χ0) is 19.4. The van der Waals surface area contributed by atoms with Gasteiger partial charge >= 0.3 is 0 Å². The fraction of sp³-hybridized carbons (Fsp3) is 0.391. The van der Waals surface area contributed by atoms with Crippen LogP contribution in [0.3, 0.4) is 0 Å². The Morgan fingerprint density at radius 1 is 1.00 bits per heavy atom. The van der Waals surface area contributed by atoms with Gasteiger partial charge in [-0.15, -0.1) is 0 Å². The zero-order valence-corrected chi connectivity index (χ0v) is 16.4. The molecule has 1 N–H and O–H groups in total. The Kier molecular flexibility index (Phi) is 5.94. The minimum atomic E-state index is -0.0569. The number of carbonyl (C=O) groups is 2. The van der Waals surface area contributed by atoms with E-state index in [-0.39, 0.29) is 11.8 Å². The first-order valence-corrected chi connectivity index (χ1v) is 9.67. The molecule has 27 heavy (non-hydrogen) atoms. The topological polar surface area (TPSA) is 49.4 Å². The molecule has 4 nitrogen and oxygen atoms in total. The van der Waals surface area contributed by atoms with Crippen LogP contribution in [0, 0.1) is 0 Å². The Morgan fingerprint density at radius 3 is 2.11 bits per heavy atom. The summed E-state index contributed by atoms with van der Waals surface area (Å²) in [4.78, 5) is 26.1. The lowest BCUT2D eigenvalue weighted by atomic mass is 10.0. The van der Waals surface area contributed by atoms with Crippen LogP contribution in [0.4, 0.5) is 0 Å². The minimum Gasteiger partial charge on any atom is -0.352 e. The van der Waals surface area contributed by atoms with E-state index in [1.54, 1.807) is 0 Å². The molecule has 0 aromatic heterocycles. The van der Waals surface area contributed by atoms with Crippen molar-refractivity contribution >= 4 is 11.8 Å². The quantitative estimate of drug-likeness (QED) is 0.798. The van der Waals surface area contributed by atoms with Crippen LogP contribution in [-0.4, -0.2) is 22.8 Å². The smallest absolute Gasteiger partial charge is 0.254 e. The van der Waals surface area contributed by atoms with Crippen molar-refractivity contribution in [2.24, 2.45) is 0 Å². The van der Waals surface area contributed by atoms with Crippen LogP contribution < -0.4 is 5.32 Å². The average molecular weight is 364 g/mol. The Bertz CT molecular complexity index is 790. The van der Waals surface area contributed by atoms with Crippen molar-refractivity contribution < 1.29 is 9.59 Å². The summed E-state index contributed by atoms with van der Waals surface area (Å²) in [6, 6.07) is 16.5. The van der Waals surface area contributed by atoms with Gasteiger partial charge in [-0.3, -0.25) is 9.59 Å². The lowest BCUT2D eigenvalue weighted by Crippen LogP contribution is -2.32. The average Bonchev–Trinajstić information content (AvgIpc) is 3.50. The van der Waals surface area contributed by atoms with E-state index in [2.05, 4.69) is 43.4 Å². The number of rotatable bonds is 7. The molecular formula is C23H28N2O2.